The molecular formula is C16H21ClN2OS. The zero-order valence-electron chi connectivity index (χ0n) is 12.4. The van der Waals surface area contributed by atoms with Crippen molar-refractivity contribution in [1.29, 1.82) is 0 Å². The van der Waals surface area contributed by atoms with Gasteiger partial charge in [0.25, 0.3) is 0 Å². The summed E-state index contributed by atoms with van der Waals surface area (Å²) in [4.78, 5) is 3.50. The van der Waals surface area contributed by atoms with Crippen LogP contribution in [0.25, 0.3) is 0 Å². The lowest BCUT2D eigenvalue weighted by Gasteiger charge is -2.28. The van der Waals surface area contributed by atoms with Crippen LogP contribution in [-0.2, 0) is 17.9 Å². The summed E-state index contributed by atoms with van der Waals surface area (Å²) >= 11 is 7.61. The van der Waals surface area contributed by atoms with Gasteiger partial charge >= 0.3 is 0 Å². The molecule has 0 saturated heterocycles. The molecule has 1 unspecified atom stereocenters. The SMILES string of the molecule is COCc1ccccc1C(CN)N(C)Cc1ccc(Cl)s1. The maximum Gasteiger partial charge on any atom is 0.0931 e. The third kappa shape index (κ3) is 4.28. The highest BCUT2D eigenvalue weighted by molar-refractivity contribution is 7.16. The highest BCUT2D eigenvalue weighted by atomic mass is 35.5. The van der Waals surface area contributed by atoms with Crippen LogP contribution in [0.3, 0.4) is 0 Å². The number of thiophene rings is 1. The van der Waals surface area contributed by atoms with Crippen LogP contribution in [0.4, 0.5) is 0 Å². The molecule has 0 radical (unpaired) electrons. The number of halogens is 1. The van der Waals surface area contributed by atoms with Gasteiger partial charge in [-0.1, -0.05) is 35.9 Å². The minimum absolute atomic E-state index is 0.164. The predicted molar refractivity (Wildman–Crippen MR) is 89.7 cm³/mol. The number of benzene rings is 1. The number of likely N-dealkylation sites (N-methyl/N-ethyl adjacent to an activating group) is 1. The second-order valence-electron chi connectivity index (χ2n) is 5.00. The van der Waals surface area contributed by atoms with Gasteiger partial charge in [-0.3, -0.25) is 4.90 Å². The third-order valence-corrected chi connectivity index (χ3v) is 4.72. The summed E-state index contributed by atoms with van der Waals surface area (Å²) in [5.74, 6) is 0. The molecule has 0 aliphatic heterocycles. The van der Waals surface area contributed by atoms with Crippen LogP contribution in [0.15, 0.2) is 36.4 Å². The van der Waals surface area contributed by atoms with Crippen LogP contribution in [0, 0.1) is 0 Å². The lowest BCUT2D eigenvalue weighted by atomic mass is 9.99. The fraction of sp³-hybridized carbons (Fsp3) is 0.375. The van der Waals surface area contributed by atoms with Gasteiger partial charge in [0.15, 0.2) is 0 Å². The summed E-state index contributed by atoms with van der Waals surface area (Å²) in [5, 5.41) is 0. The molecule has 2 rings (SSSR count). The lowest BCUT2D eigenvalue weighted by molar-refractivity contribution is 0.179. The van der Waals surface area contributed by atoms with E-state index in [-0.39, 0.29) is 6.04 Å². The molecule has 1 aromatic heterocycles. The smallest absolute Gasteiger partial charge is 0.0931 e. The molecule has 1 atom stereocenters. The molecule has 3 nitrogen and oxygen atoms in total. The molecule has 2 aromatic rings. The number of nitrogens with zero attached hydrogens (tertiary/aromatic N) is 1. The summed E-state index contributed by atoms with van der Waals surface area (Å²) in [6.07, 6.45) is 0. The van der Waals surface area contributed by atoms with Crippen molar-refractivity contribution >= 4 is 22.9 Å². The molecule has 0 aliphatic rings. The molecule has 114 valence electrons. The summed E-state index contributed by atoms with van der Waals surface area (Å²) < 4.78 is 6.11. The summed E-state index contributed by atoms with van der Waals surface area (Å²) in [5.41, 5.74) is 8.44. The lowest BCUT2D eigenvalue weighted by Crippen LogP contribution is -2.30. The quantitative estimate of drug-likeness (QED) is 0.844. The van der Waals surface area contributed by atoms with Gasteiger partial charge in [0, 0.05) is 31.1 Å². The van der Waals surface area contributed by atoms with Gasteiger partial charge in [0.1, 0.15) is 0 Å². The first kappa shape index (κ1) is 16.5. The van der Waals surface area contributed by atoms with Crippen LogP contribution in [0.2, 0.25) is 4.34 Å². The van der Waals surface area contributed by atoms with E-state index in [0.717, 1.165) is 10.9 Å². The second kappa shape index (κ2) is 7.92. The van der Waals surface area contributed by atoms with E-state index in [0.29, 0.717) is 13.2 Å². The Bertz CT molecular complexity index is 573. The topological polar surface area (TPSA) is 38.5 Å². The molecule has 0 amide bonds. The molecule has 5 heteroatoms. The molecule has 0 saturated carbocycles. The van der Waals surface area contributed by atoms with E-state index in [1.54, 1.807) is 18.4 Å². The van der Waals surface area contributed by atoms with Gasteiger partial charge in [0.2, 0.25) is 0 Å². The van der Waals surface area contributed by atoms with Crippen molar-refractivity contribution in [2.45, 2.75) is 19.2 Å². The molecule has 0 fully saturated rings. The molecule has 0 bridgehead atoms. The van der Waals surface area contributed by atoms with Crippen molar-refractivity contribution in [3.8, 4) is 0 Å². The first-order chi connectivity index (χ1) is 10.2. The van der Waals surface area contributed by atoms with Gasteiger partial charge in [0.05, 0.1) is 10.9 Å². The summed E-state index contributed by atoms with van der Waals surface area (Å²) in [6.45, 7) is 2.00. The summed E-state index contributed by atoms with van der Waals surface area (Å²) in [6, 6.07) is 12.5. The van der Waals surface area contributed by atoms with Crippen molar-refractivity contribution in [2.24, 2.45) is 5.73 Å². The zero-order chi connectivity index (χ0) is 15.2. The number of hydrogen-bond acceptors (Lipinski definition) is 4. The highest BCUT2D eigenvalue weighted by Gasteiger charge is 2.19. The van der Waals surface area contributed by atoms with Crippen LogP contribution < -0.4 is 5.73 Å². The molecule has 1 aromatic carbocycles. The van der Waals surface area contributed by atoms with E-state index in [2.05, 4.69) is 30.1 Å². The minimum Gasteiger partial charge on any atom is -0.380 e. The average molecular weight is 325 g/mol. The average Bonchev–Trinajstić information content (AvgIpc) is 2.87. The second-order valence-corrected chi connectivity index (χ2v) is 6.80. The van der Waals surface area contributed by atoms with E-state index in [9.17, 15) is 0 Å². The van der Waals surface area contributed by atoms with E-state index in [1.807, 2.05) is 18.2 Å². The Labute approximate surface area is 135 Å². The Balaban J connectivity index is 2.18. The Kier molecular flexibility index (Phi) is 6.21. The Hall–Kier alpha value is -0.910. The van der Waals surface area contributed by atoms with E-state index < -0.39 is 0 Å². The van der Waals surface area contributed by atoms with Gasteiger partial charge in [-0.15, -0.1) is 11.3 Å². The Morgan fingerprint density at radius 1 is 1.29 bits per heavy atom. The van der Waals surface area contributed by atoms with Crippen LogP contribution in [-0.4, -0.2) is 25.6 Å². The van der Waals surface area contributed by atoms with Crippen molar-refractivity contribution in [1.82, 2.24) is 4.90 Å². The first-order valence-electron chi connectivity index (χ1n) is 6.87. The zero-order valence-corrected chi connectivity index (χ0v) is 14.0. The molecule has 0 aliphatic carbocycles. The fourth-order valence-electron chi connectivity index (χ4n) is 2.48. The van der Waals surface area contributed by atoms with Gasteiger partial charge in [-0.05, 0) is 30.3 Å². The van der Waals surface area contributed by atoms with Crippen molar-refractivity contribution < 1.29 is 4.74 Å². The number of methoxy groups -OCH3 is 1. The van der Waals surface area contributed by atoms with Crippen LogP contribution >= 0.6 is 22.9 Å². The van der Waals surface area contributed by atoms with Gasteiger partial charge in [-0.2, -0.15) is 0 Å². The fourth-order valence-corrected chi connectivity index (χ4v) is 3.63. The minimum atomic E-state index is 0.164. The third-order valence-electron chi connectivity index (χ3n) is 3.50. The summed E-state index contributed by atoms with van der Waals surface area (Å²) in [7, 11) is 3.81. The molecule has 1 heterocycles. The van der Waals surface area contributed by atoms with E-state index in [4.69, 9.17) is 22.1 Å². The van der Waals surface area contributed by atoms with Crippen molar-refractivity contribution in [2.75, 3.05) is 20.7 Å². The van der Waals surface area contributed by atoms with Crippen molar-refractivity contribution in [3.05, 3.63) is 56.7 Å². The van der Waals surface area contributed by atoms with Gasteiger partial charge < -0.3 is 10.5 Å². The van der Waals surface area contributed by atoms with E-state index in [1.165, 1.54) is 16.0 Å². The van der Waals surface area contributed by atoms with E-state index >= 15 is 0 Å². The monoisotopic (exact) mass is 324 g/mol. The van der Waals surface area contributed by atoms with Crippen molar-refractivity contribution in [3.63, 3.8) is 0 Å². The molecule has 2 N–H and O–H groups in total. The highest BCUT2D eigenvalue weighted by Crippen LogP contribution is 2.27. The first-order valence-corrected chi connectivity index (χ1v) is 8.06. The number of ether oxygens (including phenoxy) is 1. The maximum absolute atomic E-state index is 6.02. The van der Waals surface area contributed by atoms with Gasteiger partial charge in [-0.25, -0.2) is 0 Å². The molecular weight excluding hydrogens is 304 g/mol. The standard InChI is InChI=1S/C16H21ClN2OS/c1-19(10-13-7-8-16(17)21-13)15(9-18)14-6-4-3-5-12(14)11-20-2/h3-8,15H,9-11,18H2,1-2H3. The molecule has 0 spiro atoms. The van der Waals surface area contributed by atoms with Crippen LogP contribution in [0.1, 0.15) is 22.0 Å². The molecule has 21 heavy (non-hydrogen) atoms. The number of nitrogens with two attached hydrogens (primary N) is 1. The Morgan fingerprint density at radius 2 is 2.05 bits per heavy atom. The predicted octanol–water partition coefficient (Wildman–Crippen LogP) is 3.68. The normalized spacial score (nSPS) is 12.8. The number of hydrogen-bond donors (Lipinski definition) is 1. The largest absolute Gasteiger partial charge is 0.380 e. The number of rotatable bonds is 7. The Morgan fingerprint density at radius 3 is 2.67 bits per heavy atom. The maximum atomic E-state index is 6.02. The van der Waals surface area contributed by atoms with Crippen LogP contribution in [0.5, 0.6) is 0 Å².